The Balaban J connectivity index is 3.50. The third-order valence-corrected chi connectivity index (χ3v) is 5.91. The van der Waals surface area contributed by atoms with E-state index < -0.39 is 8.80 Å². The Bertz CT molecular complexity index is 61.9. The van der Waals surface area contributed by atoms with Crippen molar-refractivity contribution >= 4 is 8.80 Å². The van der Waals surface area contributed by atoms with Crippen LogP contribution in [-0.4, -0.2) is 14.5 Å². The van der Waals surface area contributed by atoms with Crippen LogP contribution in [0.3, 0.4) is 0 Å². The van der Waals surface area contributed by atoms with Crippen LogP contribution in [0.5, 0.6) is 0 Å². The second-order valence-electron chi connectivity index (χ2n) is 2.65. The summed E-state index contributed by atoms with van der Waals surface area (Å²) in [6.45, 7) is 6.74. The first-order valence-corrected chi connectivity index (χ1v) is 6.31. The fraction of sp³-hybridized carbons (Fsp3) is 1.00. The van der Waals surface area contributed by atoms with E-state index in [-0.39, 0.29) is 0 Å². The Hall–Kier alpha value is 0.177. The van der Waals surface area contributed by atoms with E-state index in [4.69, 9.17) is 5.73 Å². The minimum atomic E-state index is -0.508. The normalized spacial score (nSPS) is 14.3. The number of nitrogens with two attached hydrogens (primary N) is 1. The fourth-order valence-electron chi connectivity index (χ4n) is 1.23. The molecule has 0 aliphatic carbocycles. The molecule has 0 spiro atoms. The molecule has 0 aromatic heterocycles. The molecule has 0 aliphatic heterocycles. The zero-order chi connectivity index (χ0) is 7.28. The first-order chi connectivity index (χ1) is 4.26. The summed E-state index contributed by atoms with van der Waals surface area (Å²) in [4.78, 5) is 0. The van der Waals surface area contributed by atoms with E-state index in [1.165, 1.54) is 18.5 Å². The second kappa shape index (κ2) is 5.00. The minimum absolute atomic E-state index is 0.508. The molecule has 9 heavy (non-hydrogen) atoms. The number of hydrogen-bond acceptors (Lipinski definition) is 1. The van der Waals surface area contributed by atoms with Gasteiger partial charge in [0, 0.05) is 0 Å². The predicted octanol–water partition coefficient (Wildman–Crippen LogP) is 1.53. The molecule has 0 bridgehead atoms. The fourth-order valence-corrected chi connectivity index (χ4v) is 3.68. The van der Waals surface area contributed by atoms with E-state index in [1.54, 1.807) is 0 Å². The molecule has 0 saturated heterocycles. The van der Waals surface area contributed by atoms with Gasteiger partial charge in [0.1, 0.15) is 0 Å². The van der Waals surface area contributed by atoms with Crippen LogP contribution in [-0.2, 0) is 0 Å². The van der Waals surface area contributed by atoms with Gasteiger partial charge in [-0.1, -0.05) is 32.9 Å². The molecule has 0 amide bonds. The van der Waals surface area contributed by atoms with Crippen molar-refractivity contribution in [2.24, 2.45) is 5.73 Å². The Morgan fingerprint density at radius 3 is 1.78 bits per heavy atom. The molecule has 0 aliphatic rings. The van der Waals surface area contributed by atoms with Crippen LogP contribution >= 0.6 is 0 Å². The molecule has 0 aromatic carbocycles. The summed E-state index contributed by atoms with van der Waals surface area (Å²) in [5.74, 6) is 0. The lowest BCUT2D eigenvalue weighted by molar-refractivity contribution is 0.822. The average molecular weight is 145 g/mol. The maximum atomic E-state index is 5.90. The summed E-state index contributed by atoms with van der Waals surface area (Å²) >= 11 is 0. The number of rotatable bonds is 4. The highest BCUT2D eigenvalue weighted by Gasteiger charge is 2.12. The third-order valence-electron chi connectivity index (χ3n) is 2.13. The summed E-state index contributed by atoms with van der Waals surface area (Å²) in [6.07, 6.45) is 1.18. The SMILES string of the molecule is CCC(N)[SiH](CC)CC. The van der Waals surface area contributed by atoms with Crippen LogP contribution in [0.15, 0.2) is 0 Å². The summed E-state index contributed by atoms with van der Waals surface area (Å²) in [7, 11) is -0.508. The highest BCUT2D eigenvalue weighted by molar-refractivity contribution is 6.60. The van der Waals surface area contributed by atoms with Crippen LogP contribution in [0, 0.1) is 0 Å². The summed E-state index contributed by atoms with van der Waals surface area (Å²) < 4.78 is 0. The lowest BCUT2D eigenvalue weighted by Gasteiger charge is -2.16. The lowest BCUT2D eigenvalue weighted by atomic mass is 10.5. The minimum Gasteiger partial charge on any atom is -0.331 e. The zero-order valence-corrected chi connectivity index (χ0v) is 8.01. The largest absolute Gasteiger partial charge is 0.331 e. The van der Waals surface area contributed by atoms with Crippen molar-refractivity contribution in [1.82, 2.24) is 0 Å². The van der Waals surface area contributed by atoms with Crippen molar-refractivity contribution in [3.8, 4) is 0 Å². The molecule has 0 saturated carbocycles. The van der Waals surface area contributed by atoms with Crippen molar-refractivity contribution in [3.05, 3.63) is 0 Å². The molecule has 0 heterocycles. The molecule has 0 aromatic rings. The van der Waals surface area contributed by atoms with Gasteiger partial charge in [0.15, 0.2) is 0 Å². The molecule has 1 nitrogen and oxygen atoms in total. The lowest BCUT2D eigenvalue weighted by Crippen LogP contribution is -2.36. The quantitative estimate of drug-likeness (QED) is 0.597. The smallest absolute Gasteiger partial charge is 0.0558 e. The highest BCUT2D eigenvalue weighted by atomic mass is 28.3. The van der Waals surface area contributed by atoms with Crippen LogP contribution in [0.1, 0.15) is 27.2 Å². The molecular formula is C7H19NSi. The van der Waals surface area contributed by atoms with Gasteiger partial charge in [0.05, 0.1) is 8.80 Å². The van der Waals surface area contributed by atoms with Crippen LogP contribution in [0.4, 0.5) is 0 Å². The van der Waals surface area contributed by atoms with Gasteiger partial charge in [-0.05, 0) is 12.1 Å². The van der Waals surface area contributed by atoms with Gasteiger partial charge < -0.3 is 5.73 Å². The maximum Gasteiger partial charge on any atom is 0.0558 e. The van der Waals surface area contributed by atoms with Crippen molar-refractivity contribution in [2.75, 3.05) is 0 Å². The molecule has 0 fully saturated rings. The summed E-state index contributed by atoms with van der Waals surface area (Å²) in [5.41, 5.74) is 6.47. The van der Waals surface area contributed by atoms with E-state index in [9.17, 15) is 0 Å². The van der Waals surface area contributed by atoms with Gasteiger partial charge in [-0.3, -0.25) is 0 Å². The molecular weight excluding hydrogens is 126 g/mol. The van der Waals surface area contributed by atoms with E-state index in [0.29, 0.717) is 5.67 Å². The first-order valence-electron chi connectivity index (χ1n) is 4.01. The third kappa shape index (κ3) is 3.01. The van der Waals surface area contributed by atoms with Crippen LogP contribution in [0.25, 0.3) is 0 Å². The molecule has 2 heteroatoms. The average Bonchev–Trinajstić information content (AvgIpc) is 1.90. The second-order valence-corrected chi connectivity index (χ2v) is 6.66. The van der Waals surface area contributed by atoms with Crippen molar-refractivity contribution in [2.45, 2.75) is 44.9 Å². The van der Waals surface area contributed by atoms with Crippen LogP contribution in [0.2, 0.25) is 12.1 Å². The Kier molecular flexibility index (Phi) is 5.10. The van der Waals surface area contributed by atoms with E-state index in [1.807, 2.05) is 0 Å². The zero-order valence-electron chi connectivity index (χ0n) is 6.85. The van der Waals surface area contributed by atoms with Crippen LogP contribution < -0.4 is 5.73 Å². The van der Waals surface area contributed by atoms with E-state index >= 15 is 0 Å². The predicted molar refractivity (Wildman–Crippen MR) is 46.4 cm³/mol. The van der Waals surface area contributed by atoms with E-state index in [0.717, 1.165) is 0 Å². The Morgan fingerprint density at radius 1 is 1.22 bits per heavy atom. The molecule has 0 rings (SSSR count). The standard InChI is InChI=1S/C7H19NSi/c1-4-7(8)9(5-2)6-3/h7,9H,4-6,8H2,1-3H3. The van der Waals surface area contributed by atoms with Crippen molar-refractivity contribution in [3.63, 3.8) is 0 Å². The molecule has 56 valence electrons. The van der Waals surface area contributed by atoms with Gasteiger partial charge in [0.25, 0.3) is 0 Å². The van der Waals surface area contributed by atoms with Gasteiger partial charge in [-0.15, -0.1) is 0 Å². The molecule has 1 atom stereocenters. The summed E-state index contributed by atoms with van der Waals surface area (Å²) in [6, 6.07) is 2.73. The Morgan fingerprint density at radius 2 is 1.67 bits per heavy atom. The summed E-state index contributed by atoms with van der Waals surface area (Å²) in [5, 5.41) is 0. The Labute approximate surface area is 60.2 Å². The molecule has 2 N–H and O–H groups in total. The van der Waals surface area contributed by atoms with Gasteiger partial charge >= 0.3 is 0 Å². The molecule has 0 radical (unpaired) electrons. The van der Waals surface area contributed by atoms with E-state index in [2.05, 4.69) is 20.8 Å². The topological polar surface area (TPSA) is 26.0 Å². The first kappa shape index (κ1) is 9.18. The van der Waals surface area contributed by atoms with Gasteiger partial charge in [0.2, 0.25) is 0 Å². The van der Waals surface area contributed by atoms with Crippen molar-refractivity contribution in [1.29, 1.82) is 0 Å². The number of hydrogen-bond donors (Lipinski definition) is 1. The van der Waals surface area contributed by atoms with Crippen molar-refractivity contribution < 1.29 is 0 Å². The maximum absolute atomic E-state index is 5.90. The highest BCUT2D eigenvalue weighted by Crippen LogP contribution is 2.03. The van der Waals surface area contributed by atoms with Gasteiger partial charge in [-0.25, -0.2) is 0 Å². The monoisotopic (exact) mass is 145 g/mol. The molecule has 1 unspecified atom stereocenters. The van der Waals surface area contributed by atoms with Gasteiger partial charge in [-0.2, -0.15) is 0 Å².